The number of nitrogens with zero attached hydrogens (tertiary/aromatic N) is 3. The molecule has 17 heteroatoms. The van der Waals surface area contributed by atoms with Crippen LogP contribution in [0.1, 0.15) is 67.7 Å². The molecule has 2 aliphatic carbocycles. The van der Waals surface area contributed by atoms with Crippen molar-refractivity contribution in [2.75, 3.05) is 32.7 Å². The predicted octanol–water partition coefficient (Wildman–Crippen LogP) is 6.13. The van der Waals surface area contributed by atoms with Gasteiger partial charge >= 0.3 is 18.3 Å². The number of nitrogens with two attached hydrogens (primary N) is 1. The number of benzene rings is 3. The lowest BCUT2D eigenvalue weighted by molar-refractivity contribution is -0.192. The van der Waals surface area contributed by atoms with Crippen molar-refractivity contribution in [3.05, 3.63) is 71.3 Å². The van der Waals surface area contributed by atoms with E-state index in [9.17, 15) is 39.6 Å². The van der Waals surface area contributed by atoms with Gasteiger partial charge in [0.1, 0.15) is 11.8 Å². The van der Waals surface area contributed by atoms with Gasteiger partial charge in [-0.15, -0.1) is 0 Å². The Bertz CT molecular complexity index is 1960. The van der Waals surface area contributed by atoms with E-state index in [1.165, 1.54) is 23.2 Å². The van der Waals surface area contributed by atoms with E-state index in [1.54, 1.807) is 29.2 Å². The van der Waals surface area contributed by atoms with E-state index in [2.05, 4.69) is 4.90 Å². The van der Waals surface area contributed by atoms with Gasteiger partial charge in [0, 0.05) is 44.8 Å². The van der Waals surface area contributed by atoms with Crippen LogP contribution < -0.4 is 10.5 Å². The first-order valence-corrected chi connectivity index (χ1v) is 19.4. The third-order valence-electron chi connectivity index (χ3n) is 10.7. The number of carboxylic acid groups (broad SMARTS) is 1. The van der Waals surface area contributed by atoms with E-state index >= 15 is 0 Å². The number of aryl methyl sites for hydroxylation is 1. The summed E-state index contributed by atoms with van der Waals surface area (Å²) in [4.78, 5) is 26.9. The topological polar surface area (TPSA) is 133 Å². The number of alkyl halides is 6. The lowest BCUT2D eigenvalue weighted by Gasteiger charge is -2.44. The van der Waals surface area contributed by atoms with Crippen LogP contribution in [0.2, 0.25) is 0 Å². The van der Waals surface area contributed by atoms with E-state index in [4.69, 9.17) is 20.4 Å². The highest BCUT2D eigenvalue weighted by molar-refractivity contribution is 7.89. The number of hydrogen-bond donors (Lipinski definition) is 2. The van der Waals surface area contributed by atoms with E-state index in [0.29, 0.717) is 50.9 Å². The number of sulfonamides is 1. The number of piperazine rings is 1. The minimum absolute atomic E-state index is 0.000000409. The molecule has 0 unspecified atom stereocenters. The molecule has 1 amide bonds. The number of likely N-dealkylation sites (tertiary alicyclic amines) is 1. The molecular formula is C37H42F6N4O6S. The zero-order valence-electron chi connectivity index (χ0n) is 29.3. The fraction of sp³-hybridized carbons (Fsp3) is 0.514. The van der Waals surface area contributed by atoms with Gasteiger partial charge in [-0.2, -0.15) is 30.6 Å². The zero-order chi connectivity index (χ0) is 39.0. The molecule has 4 aliphatic rings. The molecule has 0 radical (unpaired) electrons. The van der Waals surface area contributed by atoms with Crippen molar-refractivity contribution in [3.63, 3.8) is 0 Å². The van der Waals surface area contributed by atoms with Crippen LogP contribution in [0.25, 0.3) is 10.8 Å². The number of carbonyl (C=O) groups excluding carboxylic acids is 1. The number of hydrogen-bond acceptors (Lipinski definition) is 7. The van der Waals surface area contributed by atoms with Gasteiger partial charge in [0.05, 0.1) is 16.6 Å². The maximum Gasteiger partial charge on any atom is 0.490 e. The Hall–Kier alpha value is -3.93. The van der Waals surface area contributed by atoms with E-state index in [1.807, 2.05) is 18.2 Å². The van der Waals surface area contributed by atoms with Gasteiger partial charge in [-0.05, 0) is 110 Å². The minimum atomic E-state index is -5.08. The first-order chi connectivity index (χ1) is 25.4. The SMILES string of the molecule is NC1CCN(C(=O)[C@@H]2CN([C@@H]3CCc4cc(C(F)(F)F)ccc43)CCN2S(=O)(=O)c2ccc3cc(OC4CCCC4)ccc3c2)CC1.O=C(O)C(F)(F)F. The summed E-state index contributed by atoms with van der Waals surface area (Å²) in [5.74, 6) is -2.25. The summed E-state index contributed by atoms with van der Waals surface area (Å²) in [6, 6.07) is 13.4. The number of aliphatic carboxylic acids is 1. The number of rotatable bonds is 6. The average Bonchev–Trinajstić information content (AvgIpc) is 3.80. The normalized spacial score (nSPS) is 22.2. The maximum atomic E-state index is 14.3. The molecule has 54 heavy (non-hydrogen) atoms. The van der Waals surface area contributed by atoms with E-state index in [0.717, 1.165) is 41.0 Å². The first-order valence-electron chi connectivity index (χ1n) is 17.9. The van der Waals surface area contributed by atoms with Crippen LogP contribution in [0, 0.1) is 0 Å². The number of fused-ring (bicyclic) bond motifs is 2. The molecular weight excluding hydrogens is 742 g/mol. The summed E-state index contributed by atoms with van der Waals surface area (Å²) in [5.41, 5.74) is 6.90. The molecule has 10 nitrogen and oxygen atoms in total. The quantitative estimate of drug-likeness (QED) is 0.286. The van der Waals surface area contributed by atoms with E-state index < -0.39 is 40.0 Å². The number of amides is 1. The fourth-order valence-electron chi connectivity index (χ4n) is 7.81. The van der Waals surface area contributed by atoms with Crippen LogP contribution in [-0.4, -0.2) is 96.6 Å². The second-order valence-electron chi connectivity index (χ2n) is 14.3. The molecule has 3 N–H and O–H groups in total. The summed E-state index contributed by atoms with van der Waals surface area (Å²) >= 11 is 0. The second kappa shape index (κ2) is 15.7. The number of carbonyl (C=O) groups is 2. The number of piperidine rings is 1. The highest BCUT2D eigenvalue weighted by Crippen LogP contribution is 2.41. The van der Waals surface area contributed by atoms with Crippen molar-refractivity contribution >= 4 is 32.7 Å². The predicted molar refractivity (Wildman–Crippen MR) is 186 cm³/mol. The second-order valence-corrected chi connectivity index (χ2v) is 16.1. The molecule has 0 bridgehead atoms. The summed E-state index contributed by atoms with van der Waals surface area (Å²) in [5, 5.41) is 8.76. The van der Waals surface area contributed by atoms with Crippen molar-refractivity contribution in [1.29, 1.82) is 0 Å². The van der Waals surface area contributed by atoms with Gasteiger partial charge in [0.15, 0.2) is 0 Å². The van der Waals surface area contributed by atoms with Gasteiger partial charge in [0.2, 0.25) is 15.9 Å². The van der Waals surface area contributed by atoms with Crippen LogP contribution in [0.5, 0.6) is 5.75 Å². The Morgan fingerprint density at radius 2 is 1.46 bits per heavy atom. The van der Waals surface area contributed by atoms with Gasteiger partial charge in [-0.3, -0.25) is 9.69 Å². The molecule has 0 aromatic heterocycles. The monoisotopic (exact) mass is 784 g/mol. The third-order valence-corrected chi connectivity index (χ3v) is 12.6. The zero-order valence-corrected chi connectivity index (χ0v) is 30.1. The Balaban J connectivity index is 0.000000649. The van der Waals surface area contributed by atoms with Crippen LogP contribution >= 0.6 is 0 Å². The van der Waals surface area contributed by atoms with Crippen molar-refractivity contribution < 1.29 is 54.2 Å². The Morgan fingerprint density at radius 3 is 2.11 bits per heavy atom. The van der Waals surface area contributed by atoms with Crippen molar-refractivity contribution in [2.24, 2.45) is 5.73 Å². The van der Waals surface area contributed by atoms with E-state index in [-0.39, 0.29) is 42.1 Å². The summed E-state index contributed by atoms with van der Waals surface area (Å²) in [6.45, 7) is 1.51. The molecule has 2 atom stereocenters. The smallest absolute Gasteiger partial charge is 0.490 e. The molecule has 2 heterocycles. The lowest BCUT2D eigenvalue weighted by Crippen LogP contribution is -2.62. The van der Waals surface area contributed by atoms with Gasteiger partial charge in [-0.1, -0.05) is 18.2 Å². The third kappa shape index (κ3) is 8.79. The van der Waals surface area contributed by atoms with Gasteiger partial charge in [-0.25, -0.2) is 13.2 Å². The molecule has 2 aliphatic heterocycles. The molecule has 294 valence electrons. The fourth-order valence-corrected chi connectivity index (χ4v) is 9.41. The summed E-state index contributed by atoms with van der Waals surface area (Å²) < 4.78 is 108. The molecule has 2 saturated heterocycles. The summed E-state index contributed by atoms with van der Waals surface area (Å²) in [6.07, 6.45) is -2.49. The highest BCUT2D eigenvalue weighted by atomic mass is 32.2. The largest absolute Gasteiger partial charge is 0.490 e. The Labute approximate surface area is 308 Å². The number of carboxylic acids is 1. The van der Waals surface area contributed by atoms with Crippen LogP contribution in [-0.2, 0) is 32.2 Å². The Morgan fingerprint density at radius 1 is 0.815 bits per heavy atom. The van der Waals surface area contributed by atoms with Gasteiger partial charge in [0.25, 0.3) is 0 Å². The van der Waals surface area contributed by atoms with Crippen molar-refractivity contribution in [2.45, 2.75) is 92.8 Å². The maximum absolute atomic E-state index is 14.3. The molecule has 7 rings (SSSR count). The highest BCUT2D eigenvalue weighted by Gasteiger charge is 2.45. The molecule has 3 aromatic carbocycles. The lowest BCUT2D eigenvalue weighted by atomic mass is 10.0. The molecule has 3 fully saturated rings. The van der Waals surface area contributed by atoms with Crippen LogP contribution in [0.3, 0.4) is 0 Å². The minimum Gasteiger partial charge on any atom is -0.490 e. The van der Waals surface area contributed by atoms with Crippen LogP contribution in [0.4, 0.5) is 26.3 Å². The number of ether oxygens (including phenoxy) is 1. The standard InChI is InChI=1S/C35H41F3N4O4S.C2HF3O2/c36-35(37,38)26-8-11-31-25(19-26)7-12-32(31)41-17-18-42(33(22-41)34(43)40-15-13-27(39)14-16-40)47(44,45)30-10-6-23-20-29(9-5-24(23)21-30)46-28-3-1-2-4-28;3-2(4,5)1(6)7/h5-6,8-11,19-21,27-28,32-33H,1-4,7,12-18,22,39H2;(H,6,7)/t32-,33+;/m1./s1. The average molecular weight is 785 g/mol. The first kappa shape index (κ1) is 39.8. The van der Waals surface area contributed by atoms with Crippen molar-refractivity contribution in [3.8, 4) is 5.75 Å². The van der Waals surface area contributed by atoms with Gasteiger partial charge < -0.3 is 20.5 Å². The molecule has 0 spiro atoms. The van der Waals surface area contributed by atoms with Crippen LogP contribution in [0.15, 0.2) is 59.5 Å². The number of halogens is 6. The Kier molecular flexibility index (Phi) is 11.5. The molecule has 3 aromatic rings. The molecule has 1 saturated carbocycles. The summed E-state index contributed by atoms with van der Waals surface area (Å²) in [7, 11) is -4.08. The van der Waals surface area contributed by atoms with Crippen molar-refractivity contribution in [1.82, 2.24) is 14.1 Å².